The Bertz CT molecular complexity index is 515. The first kappa shape index (κ1) is 14.2. The van der Waals surface area contributed by atoms with Gasteiger partial charge in [0.05, 0.1) is 6.10 Å². The molecule has 3 fully saturated rings. The molecule has 1 aliphatic heterocycles. The lowest BCUT2D eigenvalue weighted by Gasteiger charge is -2.37. The van der Waals surface area contributed by atoms with Crippen molar-refractivity contribution >= 4 is 5.97 Å². The van der Waals surface area contributed by atoms with Gasteiger partial charge in [-0.2, -0.15) is 0 Å². The third-order valence-electron chi connectivity index (χ3n) is 6.11. The minimum atomic E-state index is -2.10. The molecule has 0 bridgehead atoms. The first-order valence-electron chi connectivity index (χ1n) is 6.56. The smallest absolute Gasteiger partial charge is 0.338 e. The molecular formula is C13H20O7. The SMILES string of the molecule is CC1(C)C(O)[C@]1(O)[C@H]1OC(=O)[C@H](O)[C@]2(O)C(C)(C)[C@]12O. The number of aliphatic hydroxyl groups is 5. The number of hydrogen-bond donors (Lipinski definition) is 5. The molecule has 0 spiro atoms. The van der Waals surface area contributed by atoms with Crippen LogP contribution in [-0.2, 0) is 9.53 Å². The largest absolute Gasteiger partial charge is 0.454 e. The minimum Gasteiger partial charge on any atom is -0.454 e. The lowest BCUT2D eigenvalue weighted by atomic mass is 9.89. The second-order valence-corrected chi connectivity index (χ2v) is 7.33. The lowest BCUT2D eigenvalue weighted by molar-refractivity contribution is -0.224. The molecule has 5 N–H and O–H groups in total. The predicted octanol–water partition coefficient (Wildman–Crippen LogP) is -2.09. The van der Waals surface area contributed by atoms with E-state index in [1.807, 2.05) is 0 Å². The van der Waals surface area contributed by atoms with Crippen LogP contribution in [0.5, 0.6) is 0 Å². The summed E-state index contributed by atoms with van der Waals surface area (Å²) in [5.41, 5.74) is -8.23. The Morgan fingerprint density at radius 3 is 1.85 bits per heavy atom. The molecule has 0 amide bonds. The molecule has 114 valence electrons. The Morgan fingerprint density at radius 1 is 1.00 bits per heavy atom. The number of rotatable bonds is 1. The van der Waals surface area contributed by atoms with Crippen molar-refractivity contribution in [1.29, 1.82) is 0 Å². The summed E-state index contributed by atoms with van der Waals surface area (Å²) in [5.74, 6) is -1.11. The number of carbonyl (C=O) groups excluding carboxylic acids is 1. The average Bonchev–Trinajstić information content (AvgIpc) is 2.92. The minimum absolute atomic E-state index is 0.991. The third kappa shape index (κ3) is 0.953. The van der Waals surface area contributed by atoms with Crippen molar-refractivity contribution in [1.82, 2.24) is 0 Å². The zero-order chi connectivity index (χ0) is 15.5. The predicted molar refractivity (Wildman–Crippen MR) is 64.3 cm³/mol. The van der Waals surface area contributed by atoms with Crippen molar-refractivity contribution in [3.05, 3.63) is 0 Å². The van der Waals surface area contributed by atoms with Crippen LogP contribution in [0.3, 0.4) is 0 Å². The Labute approximate surface area is 115 Å². The molecule has 1 saturated heterocycles. The van der Waals surface area contributed by atoms with Crippen LogP contribution >= 0.6 is 0 Å². The van der Waals surface area contributed by atoms with Gasteiger partial charge in [-0.3, -0.25) is 0 Å². The summed E-state index contributed by atoms with van der Waals surface area (Å²) in [5, 5.41) is 51.6. The van der Waals surface area contributed by atoms with Crippen LogP contribution in [0.25, 0.3) is 0 Å². The highest BCUT2D eigenvalue weighted by atomic mass is 16.6. The number of ether oxygens (including phenoxy) is 1. The molecule has 2 aliphatic carbocycles. The molecule has 0 aromatic carbocycles. The van der Waals surface area contributed by atoms with E-state index in [1.165, 1.54) is 13.8 Å². The van der Waals surface area contributed by atoms with Crippen molar-refractivity contribution in [3.8, 4) is 0 Å². The summed E-state index contributed by atoms with van der Waals surface area (Å²) >= 11 is 0. The fraction of sp³-hybridized carbons (Fsp3) is 0.923. The van der Waals surface area contributed by atoms with Gasteiger partial charge < -0.3 is 30.3 Å². The molecule has 2 saturated carbocycles. The Kier molecular flexibility index (Phi) is 2.17. The molecule has 20 heavy (non-hydrogen) atoms. The maximum atomic E-state index is 11.7. The highest BCUT2D eigenvalue weighted by molar-refractivity contribution is 5.81. The summed E-state index contributed by atoms with van der Waals surface area (Å²) in [6.45, 7) is 6.06. The van der Waals surface area contributed by atoms with Crippen molar-refractivity contribution in [2.24, 2.45) is 10.8 Å². The van der Waals surface area contributed by atoms with E-state index in [1.54, 1.807) is 13.8 Å². The first-order chi connectivity index (χ1) is 8.83. The highest BCUT2D eigenvalue weighted by Gasteiger charge is 2.96. The van der Waals surface area contributed by atoms with E-state index in [-0.39, 0.29) is 0 Å². The van der Waals surface area contributed by atoms with Crippen LogP contribution in [0.15, 0.2) is 0 Å². The van der Waals surface area contributed by atoms with Crippen LogP contribution in [0.1, 0.15) is 27.7 Å². The van der Waals surface area contributed by atoms with E-state index in [2.05, 4.69) is 0 Å². The van der Waals surface area contributed by atoms with Crippen LogP contribution < -0.4 is 0 Å². The van der Waals surface area contributed by atoms with Crippen LogP contribution in [-0.4, -0.2) is 66.6 Å². The fourth-order valence-corrected chi connectivity index (χ4v) is 4.05. The average molecular weight is 288 g/mol. The molecule has 3 aliphatic rings. The molecule has 0 aromatic heterocycles. The van der Waals surface area contributed by atoms with Gasteiger partial charge in [-0.25, -0.2) is 4.79 Å². The topological polar surface area (TPSA) is 127 Å². The van der Waals surface area contributed by atoms with Crippen LogP contribution in [0, 0.1) is 10.8 Å². The van der Waals surface area contributed by atoms with E-state index in [9.17, 15) is 30.3 Å². The Morgan fingerprint density at radius 2 is 1.45 bits per heavy atom. The lowest BCUT2D eigenvalue weighted by Crippen LogP contribution is -2.61. The molecule has 0 radical (unpaired) electrons. The second-order valence-electron chi connectivity index (χ2n) is 7.33. The molecule has 0 aromatic rings. The van der Waals surface area contributed by atoms with Gasteiger partial charge in [0.1, 0.15) is 16.8 Å². The van der Waals surface area contributed by atoms with E-state index in [0.29, 0.717) is 0 Å². The quantitative estimate of drug-likeness (QED) is 0.350. The second kappa shape index (κ2) is 3.05. The van der Waals surface area contributed by atoms with Gasteiger partial charge in [0.25, 0.3) is 0 Å². The third-order valence-corrected chi connectivity index (χ3v) is 6.11. The van der Waals surface area contributed by atoms with E-state index in [0.717, 1.165) is 0 Å². The number of hydrogen-bond acceptors (Lipinski definition) is 7. The van der Waals surface area contributed by atoms with Crippen molar-refractivity contribution in [2.45, 2.75) is 62.8 Å². The summed E-state index contributed by atoms with van der Waals surface area (Å²) in [7, 11) is 0. The van der Waals surface area contributed by atoms with E-state index in [4.69, 9.17) is 4.74 Å². The number of cyclic esters (lactones) is 1. The molecule has 1 heterocycles. The van der Waals surface area contributed by atoms with Gasteiger partial charge in [-0.05, 0) is 0 Å². The van der Waals surface area contributed by atoms with Gasteiger partial charge in [-0.1, -0.05) is 27.7 Å². The zero-order valence-electron chi connectivity index (χ0n) is 11.8. The Balaban J connectivity index is 2.10. The fourth-order valence-electron chi connectivity index (χ4n) is 4.05. The maximum absolute atomic E-state index is 11.7. The highest BCUT2D eigenvalue weighted by Crippen LogP contribution is 2.75. The number of esters is 1. The monoisotopic (exact) mass is 288 g/mol. The molecule has 1 unspecified atom stereocenters. The van der Waals surface area contributed by atoms with Gasteiger partial charge in [0.15, 0.2) is 12.2 Å². The number of aliphatic hydroxyl groups excluding tert-OH is 2. The summed E-state index contributed by atoms with van der Waals surface area (Å²) in [6.07, 6.45) is -4.59. The Hall–Kier alpha value is -0.730. The molecule has 7 nitrogen and oxygen atoms in total. The van der Waals surface area contributed by atoms with Gasteiger partial charge >= 0.3 is 5.97 Å². The van der Waals surface area contributed by atoms with Crippen molar-refractivity contribution < 1.29 is 35.1 Å². The van der Waals surface area contributed by atoms with E-state index >= 15 is 0 Å². The standard InChI is InChI=1S/C13H20O7/c1-9(2)7(16)11(9,17)8-13(19)10(3,4)12(13,18)5(14)6(15)20-8/h5,7-8,14,16-19H,1-4H3/t5-,7?,8+,11-,12-,13+/m0/s1. The van der Waals surface area contributed by atoms with Gasteiger partial charge in [0.2, 0.25) is 0 Å². The summed E-state index contributed by atoms with van der Waals surface area (Å²) in [6, 6.07) is 0. The number of fused-ring (bicyclic) bond motifs is 1. The number of carbonyl (C=O) groups is 1. The molecule has 7 heteroatoms. The zero-order valence-corrected chi connectivity index (χ0v) is 11.8. The first-order valence-corrected chi connectivity index (χ1v) is 6.56. The summed E-state index contributed by atoms with van der Waals surface area (Å²) < 4.78 is 4.98. The van der Waals surface area contributed by atoms with Crippen molar-refractivity contribution in [3.63, 3.8) is 0 Å². The normalized spacial score (nSPS) is 58.6. The maximum Gasteiger partial charge on any atom is 0.338 e. The van der Waals surface area contributed by atoms with Crippen LogP contribution in [0.4, 0.5) is 0 Å². The van der Waals surface area contributed by atoms with Gasteiger partial charge in [-0.15, -0.1) is 0 Å². The summed E-state index contributed by atoms with van der Waals surface area (Å²) in [4.78, 5) is 11.7. The van der Waals surface area contributed by atoms with Crippen LogP contribution in [0.2, 0.25) is 0 Å². The molecular weight excluding hydrogens is 268 g/mol. The van der Waals surface area contributed by atoms with Crippen molar-refractivity contribution in [2.75, 3.05) is 0 Å². The molecule has 3 rings (SSSR count). The van der Waals surface area contributed by atoms with E-state index < -0.39 is 51.9 Å². The van der Waals surface area contributed by atoms with Gasteiger partial charge in [0, 0.05) is 10.8 Å². The molecule has 6 atom stereocenters.